The summed E-state index contributed by atoms with van der Waals surface area (Å²) in [7, 11) is 0. The average Bonchev–Trinajstić information content (AvgIpc) is 2.67. The van der Waals surface area contributed by atoms with Crippen molar-refractivity contribution in [1.29, 1.82) is 0 Å². The molecule has 1 aliphatic heterocycles. The molecular formula is C21H16ClN3O2. The van der Waals surface area contributed by atoms with E-state index in [-0.39, 0.29) is 11.7 Å². The van der Waals surface area contributed by atoms with E-state index in [1.807, 2.05) is 30.3 Å². The SMILES string of the molecule is Nc1ccc2c(c1)O/C(=C/c1ccccn1)C(=O)N2Cc1ccc(Cl)cc1. The molecule has 0 unspecified atom stereocenters. The summed E-state index contributed by atoms with van der Waals surface area (Å²) in [6, 6.07) is 18.1. The number of nitrogens with two attached hydrogens (primary N) is 1. The van der Waals surface area contributed by atoms with Crippen molar-refractivity contribution in [3.63, 3.8) is 0 Å². The molecule has 0 fully saturated rings. The van der Waals surface area contributed by atoms with Crippen molar-refractivity contribution in [1.82, 2.24) is 4.98 Å². The number of rotatable bonds is 3. The van der Waals surface area contributed by atoms with Crippen LogP contribution in [0.15, 0.2) is 72.6 Å². The average molecular weight is 378 g/mol. The van der Waals surface area contributed by atoms with Gasteiger partial charge in [0, 0.05) is 29.0 Å². The van der Waals surface area contributed by atoms with Crippen LogP contribution in [-0.4, -0.2) is 10.9 Å². The fourth-order valence-corrected chi connectivity index (χ4v) is 2.98. The molecule has 0 aliphatic carbocycles. The quantitative estimate of drug-likeness (QED) is 0.546. The van der Waals surface area contributed by atoms with Crippen LogP contribution in [0.5, 0.6) is 5.75 Å². The first-order valence-corrected chi connectivity index (χ1v) is 8.74. The molecule has 0 atom stereocenters. The predicted octanol–water partition coefficient (Wildman–Crippen LogP) is 4.28. The molecular weight excluding hydrogens is 362 g/mol. The van der Waals surface area contributed by atoms with Gasteiger partial charge in [0.1, 0.15) is 0 Å². The molecule has 4 rings (SSSR count). The third kappa shape index (κ3) is 3.64. The summed E-state index contributed by atoms with van der Waals surface area (Å²) in [4.78, 5) is 19.0. The van der Waals surface area contributed by atoms with Crippen molar-refractivity contribution in [2.75, 3.05) is 10.6 Å². The molecule has 0 saturated carbocycles. The highest BCUT2D eigenvalue weighted by Crippen LogP contribution is 2.38. The highest BCUT2D eigenvalue weighted by Gasteiger charge is 2.30. The molecule has 2 heterocycles. The van der Waals surface area contributed by atoms with Crippen LogP contribution < -0.4 is 15.4 Å². The third-order valence-electron chi connectivity index (χ3n) is 4.17. The largest absolute Gasteiger partial charge is 0.449 e. The van der Waals surface area contributed by atoms with Crippen molar-refractivity contribution in [2.24, 2.45) is 0 Å². The van der Waals surface area contributed by atoms with Gasteiger partial charge in [0.2, 0.25) is 0 Å². The van der Waals surface area contributed by atoms with Gasteiger partial charge in [-0.2, -0.15) is 0 Å². The molecule has 1 aliphatic rings. The Morgan fingerprint density at radius 2 is 1.93 bits per heavy atom. The minimum absolute atomic E-state index is 0.195. The molecule has 0 radical (unpaired) electrons. The van der Waals surface area contributed by atoms with E-state index < -0.39 is 0 Å². The molecule has 1 aromatic heterocycles. The number of nitrogens with zero attached hydrogens (tertiary/aromatic N) is 2. The number of benzene rings is 2. The van der Waals surface area contributed by atoms with Crippen LogP contribution >= 0.6 is 11.6 Å². The molecule has 0 spiro atoms. The summed E-state index contributed by atoms with van der Waals surface area (Å²) in [5.41, 5.74) is 8.72. The van der Waals surface area contributed by atoms with E-state index in [0.29, 0.717) is 34.4 Å². The van der Waals surface area contributed by atoms with E-state index >= 15 is 0 Å². The number of fused-ring (bicyclic) bond motifs is 1. The van der Waals surface area contributed by atoms with Crippen molar-refractivity contribution < 1.29 is 9.53 Å². The fourth-order valence-electron chi connectivity index (χ4n) is 2.86. The Morgan fingerprint density at radius 3 is 2.67 bits per heavy atom. The lowest BCUT2D eigenvalue weighted by atomic mass is 10.1. The van der Waals surface area contributed by atoms with Crippen molar-refractivity contribution >= 4 is 35.0 Å². The predicted molar refractivity (Wildman–Crippen MR) is 106 cm³/mol. The van der Waals surface area contributed by atoms with Gasteiger partial charge in [-0.3, -0.25) is 14.7 Å². The Morgan fingerprint density at radius 1 is 1.11 bits per heavy atom. The zero-order valence-electron chi connectivity index (χ0n) is 14.3. The van der Waals surface area contributed by atoms with Gasteiger partial charge in [-0.05, 0) is 42.0 Å². The van der Waals surface area contributed by atoms with Gasteiger partial charge in [-0.1, -0.05) is 29.8 Å². The molecule has 134 valence electrons. The number of halogens is 1. The lowest BCUT2D eigenvalue weighted by Crippen LogP contribution is -2.36. The standard InChI is InChI=1S/C21H16ClN3O2/c22-15-6-4-14(5-7-15)13-25-18-9-8-16(23)11-19(18)27-20(21(25)26)12-17-3-1-2-10-24-17/h1-12H,13,23H2/b20-12+. The van der Waals surface area contributed by atoms with Crippen LogP contribution in [0, 0.1) is 0 Å². The maximum absolute atomic E-state index is 13.1. The van der Waals surface area contributed by atoms with E-state index in [0.717, 1.165) is 5.56 Å². The third-order valence-corrected chi connectivity index (χ3v) is 4.42. The second-order valence-corrected chi connectivity index (χ2v) is 6.55. The maximum atomic E-state index is 13.1. The Kier molecular flexibility index (Phi) is 4.52. The molecule has 6 heteroatoms. The number of carbonyl (C=O) groups excluding carboxylic acids is 1. The zero-order valence-corrected chi connectivity index (χ0v) is 15.1. The van der Waals surface area contributed by atoms with Crippen LogP contribution in [0.25, 0.3) is 6.08 Å². The normalized spacial score (nSPS) is 14.8. The molecule has 1 amide bonds. The van der Waals surface area contributed by atoms with Crippen LogP contribution in [0.4, 0.5) is 11.4 Å². The number of nitrogen functional groups attached to an aromatic ring is 1. The highest BCUT2D eigenvalue weighted by atomic mass is 35.5. The molecule has 27 heavy (non-hydrogen) atoms. The van der Waals surface area contributed by atoms with Crippen molar-refractivity contribution in [3.05, 3.63) is 88.9 Å². The smallest absolute Gasteiger partial charge is 0.294 e. The minimum Gasteiger partial charge on any atom is -0.449 e. The Labute approximate surface area is 161 Å². The van der Waals surface area contributed by atoms with Crippen LogP contribution in [0.1, 0.15) is 11.3 Å². The molecule has 0 saturated heterocycles. The van der Waals surface area contributed by atoms with E-state index in [9.17, 15) is 4.79 Å². The summed E-state index contributed by atoms with van der Waals surface area (Å²) in [5.74, 6) is 0.486. The van der Waals surface area contributed by atoms with Crippen LogP contribution in [-0.2, 0) is 11.3 Å². The van der Waals surface area contributed by atoms with Gasteiger partial charge in [-0.15, -0.1) is 0 Å². The Hall–Kier alpha value is -3.31. The topological polar surface area (TPSA) is 68.5 Å². The fraction of sp³-hybridized carbons (Fsp3) is 0.0476. The second-order valence-electron chi connectivity index (χ2n) is 6.11. The highest BCUT2D eigenvalue weighted by molar-refractivity contribution is 6.30. The van der Waals surface area contributed by atoms with Crippen molar-refractivity contribution in [2.45, 2.75) is 6.54 Å². The van der Waals surface area contributed by atoms with E-state index in [4.69, 9.17) is 22.1 Å². The molecule has 0 bridgehead atoms. The Bertz CT molecular complexity index is 1020. The van der Waals surface area contributed by atoms with Gasteiger partial charge < -0.3 is 10.5 Å². The Balaban J connectivity index is 1.75. The first-order valence-electron chi connectivity index (χ1n) is 8.36. The number of aromatic nitrogens is 1. The van der Waals surface area contributed by atoms with E-state index in [1.165, 1.54) is 0 Å². The lowest BCUT2D eigenvalue weighted by Gasteiger charge is -2.30. The number of amides is 1. The first kappa shape index (κ1) is 17.1. The minimum atomic E-state index is -0.243. The van der Waals surface area contributed by atoms with Crippen molar-refractivity contribution in [3.8, 4) is 5.75 Å². The van der Waals surface area contributed by atoms with E-state index in [1.54, 1.807) is 47.5 Å². The summed E-state index contributed by atoms with van der Waals surface area (Å²) >= 11 is 5.96. The van der Waals surface area contributed by atoms with Gasteiger partial charge in [0.15, 0.2) is 11.5 Å². The van der Waals surface area contributed by atoms with Crippen LogP contribution in [0.3, 0.4) is 0 Å². The zero-order chi connectivity index (χ0) is 18.8. The summed E-state index contributed by atoms with van der Waals surface area (Å²) in [6.45, 7) is 0.385. The van der Waals surface area contributed by atoms with E-state index in [2.05, 4.69) is 4.98 Å². The summed E-state index contributed by atoms with van der Waals surface area (Å²) in [5, 5.41) is 0.649. The molecule has 3 aromatic rings. The first-order chi connectivity index (χ1) is 13.1. The summed E-state index contributed by atoms with van der Waals surface area (Å²) < 4.78 is 5.84. The molecule has 5 nitrogen and oxygen atoms in total. The number of pyridine rings is 1. The van der Waals surface area contributed by atoms with Crippen LogP contribution in [0.2, 0.25) is 5.02 Å². The number of anilines is 2. The van der Waals surface area contributed by atoms with Gasteiger partial charge >= 0.3 is 0 Å². The monoisotopic (exact) mass is 377 g/mol. The second kappa shape index (κ2) is 7.13. The molecule has 2 N–H and O–H groups in total. The van der Waals surface area contributed by atoms with Gasteiger partial charge in [0.05, 0.1) is 17.9 Å². The maximum Gasteiger partial charge on any atom is 0.294 e. The number of carbonyl (C=O) groups is 1. The van der Waals surface area contributed by atoms with Gasteiger partial charge in [0.25, 0.3) is 5.91 Å². The number of hydrogen-bond acceptors (Lipinski definition) is 4. The van der Waals surface area contributed by atoms with Gasteiger partial charge in [-0.25, -0.2) is 0 Å². The summed E-state index contributed by atoms with van der Waals surface area (Å²) in [6.07, 6.45) is 3.29. The molecule has 2 aromatic carbocycles. The number of hydrogen-bond donors (Lipinski definition) is 1. The number of ether oxygens (including phenoxy) is 1. The lowest BCUT2D eigenvalue weighted by molar-refractivity contribution is -0.117.